The molecule has 1 aliphatic heterocycles. The minimum atomic E-state index is -0.434. The van der Waals surface area contributed by atoms with Crippen LogP contribution in [0.15, 0.2) is 12.1 Å². The summed E-state index contributed by atoms with van der Waals surface area (Å²) in [7, 11) is 0. The van der Waals surface area contributed by atoms with Crippen molar-refractivity contribution in [2.45, 2.75) is 19.8 Å². The molecule has 0 atom stereocenters. The van der Waals surface area contributed by atoms with E-state index in [2.05, 4.69) is 4.90 Å². The Morgan fingerprint density at radius 1 is 1.38 bits per heavy atom. The molecule has 2 rings (SSSR count). The fourth-order valence-corrected chi connectivity index (χ4v) is 2.15. The largest absolute Gasteiger partial charge is 0.393 e. The van der Waals surface area contributed by atoms with Crippen molar-refractivity contribution >= 4 is 17.1 Å². The number of nitrogen functional groups attached to an aromatic ring is 1. The average Bonchev–Trinajstić information content (AvgIpc) is 2.73. The highest BCUT2D eigenvalue weighted by Gasteiger charge is 2.19. The summed E-state index contributed by atoms with van der Waals surface area (Å²) in [5.74, 6) is 0. The highest BCUT2D eigenvalue weighted by molar-refractivity contribution is 5.70. The number of nitrogens with zero attached hydrogens (tertiary/aromatic N) is 2. The fraction of sp³-hybridized carbons (Fsp3) is 0.455. The first-order chi connectivity index (χ1) is 7.59. The number of nitro benzene ring substituents is 1. The molecular weight excluding hydrogens is 206 g/mol. The van der Waals surface area contributed by atoms with Gasteiger partial charge in [-0.3, -0.25) is 10.1 Å². The molecule has 0 radical (unpaired) electrons. The third-order valence-electron chi connectivity index (χ3n) is 2.99. The first-order valence-electron chi connectivity index (χ1n) is 5.39. The summed E-state index contributed by atoms with van der Waals surface area (Å²) in [5, 5.41) is 10.7. The molecule has 0 saturated carbocycles. The van der Waals surface area contributed by atoms with Crippen LogP contribution in [0.25, 0.3) is 0 Å². The van der Waals surface area contributed by atoms with Crippen molar-refractivity contribution in [2.75, 3.05) is 23.7 Å². The number of rotatable bonds is 2. The highest BCUT2D eigenvalue weighted by atomic mass is 16.6. The normalized spacial score (nSPS) is 15.4. The van der Waals surface area contributed by atoms with E-state index in [9.17, 15) is 10.1 Å². The Kier molecular flexibility index (Phi) is 2.68. The van der Waals surface area contributed by atoms with E-state index in [1.165, 1.54) is 12.8 Å². The number of anilines is 2. The average molecular weight is 221 g/mol. The Morgan fingerprint density at radius 2 is 2.00 bits per heavy atom. The third kappa shape index (κ3) is 1.80. The monoisotopic (exact) mass is 221 g/mol. The quantitative estimate of drug-likeness (QED) is 0.471. The molecule has 1 aromatic rings. The summed E-state index contributed by atoms with van der Waals surface area (Å²) in [6.45, 7) is 3.91. The van der Waals surface area contributed by atoms with Gasteiger partial charge in [0.05, 0.1) is 4.92 Å². The predicted molar refractivity (Wildman–Crippen MR) is 63.7 cm³/mol. The van der Waals surface area contributed by atoms with Crippen LogP contribution in [0.2, 0.25) is 0 Å². The SMILES string of the molecule is Cc1cc([N+](=O)[O-])c(N)cc1N1CCCC1. The van der Waals surface area contributed by atoms with Crippen molar-refractivity contribution in [2.24, 2.45) is 0 Å². The highest BCUT2D eigenvalue weighted by Crippen LogP contribution is 2.32. The van der Waals surface area contributed by atoms with Gasteiger partial charge >= 0.3 is 0 Å². The number of nitro groups is 1. The van der Waals surface area contributed by atoms with Crippen LogP contribution in [-0.2, 0) is 0 Å². The molecule has 0 spiro atoms. The lowest BCUT2D eigenvalue weighted by Crippen LogP contribution is -2.19. The van der Waals surface area contributed by atoms with E-state index in [0.717, 1.165) is 24.3 Å². The van der Waals surface area contributed by atoms with Gasteiger partial charge in [-0.15, -0.1) is 0 Å². The molecule has 1 fully saturated rings. The first kappa shape index (κ1) is 10.7. The summed E-state index contributed by atoms with van der Waals surface area (Å²) in [6, 6.07) is 3.28. The van der Waals surface area contributed by atoms with Gasteiger partial charge < -0.3 is 10.6 Å². The summed E-state index contributed by atoms with van der Waals surface area (Å²) in [4.78, 5) is 12.5. The van der Waals surface area contributed by atoms with Crippen molar-refractivity contribution in [3.05, 3.63) is 27.8 Å². The molecule has 0 unspecified atom stereocenters. The Labute approximate surface area is 94.0 Å². The second-order valence-corrected chi connectivity index (χ2v) is 4.15. The van der Waals surface area contributed by atoms with E-state index in [1.807, 2.05) is 6.92 Å². The summed E-state index contributed by atoms with van der Waals surface area (Å²) in [5.41, 5.74) is 7.89. The van der Waals surface area contributed by atoms with Gasteiger partial charge in [-0.25, -0.2) is 0 Å². The van der Waals surface area contributed by atoms with Crippen LogP contribution in [0.1, 0.15) is 18.4 Å². The Balaban J connectivity index is 2.40. The van der Waals surface area contributed by atoms with Crippen LogP contribution < -0.4 is 10.6 Å². The zero-order valence-corrected chi connectivity index (χ0v) is 9.27. The Hall–Kier alpha value is -1.78. The van der Waals surface area contributed by atoms with Crippen molar-refractivity contribution in [1.82, 2.24) is 0 Å². The van der Waals surface area contributed by atoms with E-state index in [1.54, 1.807) is 12.1 Å². The molecular formula is C11H15N3O2. The molecule has 5 heteroatoms. The van der Waals surface area contributed by atoms with Gasteiger partial charge in [-0.2, -0.15) is 0 Å². The van der Waals surface area contributed by atoms with Crippen LogP contribution in [0.5, 0.6) is 0 Å². The number of aryl methyl sites for hydroxylation is 1. The molecule has 2 N–H and O–H groups in total. The second-order valence-electron chi connectivity index (χ2n) is 4.15. The number of benzene rings is 1. The minimum absolute atomic E-state index is 0.000414. The van der Waals surface area contributed by atoms with Gasteiger partial charge in [-0.1, -0.05) is 0 Å². The van der Waals surface area contributed by atoms with Crippen molar-refractivity contribution < 1.29 is 4.92 Å². The number of hydrogen-bond donors (Lipinski definition) is 1. The van der Waals surface area contributed by atoms with E-state index in [4.69, 9.17) is 5.73 Å². The third-order valence-corrected chi connectivity index (χ3v) is 2.99. The fourth-order valence-electron chi connectivity index (χ4n) is 2.15. The van der Waals surface area contributed by atoms with Crippen molar-refractivity contribution in [1.29, 1.82) is 0 Å². The first-order valence-corrected chi connectivity index (χ1v) is 5.39. The van der Waals surface area contributed by atoms with Gasteiger partial charge in [0.1, 0.15) is 5.69 Å². The van der Waals surface area contributed by atoms with Gasteiger partial charge in [0, 0.05) is 24.8 Å². The number of hydrogen-bond acceptors (Lipinski definition) is 4. The van der Waals surface area contributed by atoms with Crippen molar-refractivity contribution in [3.63, 3.8) is 0 Å². The molecule has 1 heterocycles. The zero-order valence-electron chi connectivity index (χ0n) is 9.27. The van der Waals surface area contributed by atoms with Gasteiger partial charge in [0.15, 0.2) is 0 Å². The molecule has 0 aliphatic carbocycles. The molecule has 5 nitrogen and oxygen atoms in total. The molecule has 1 saturated heterocycles. The molecule has 0 aromatic heterocycles. The van der Waals surface area contributed by atoms with Crippen LogP contribution in [-0.4, -0.2) is 18.0 Å². The van der Waals surface area contributed by atoms with Crippen molar-refractivity contribution in [3.8, 4) is 0 Å². The molecule has 1 aromatic carbocycles. The van der Waals surface area contributed by atoms with E-state index in [-0.39, 0.29) is 11.4 Å². The smallest absolute Gasteiger partial charge is 0.292 e. The van der Waals surface area contributed by atoms with E-state index in [0.29, 0.717) is 0 Å². The standard InChI is InChI=1S/C11H15N3O2/c1-8-6-11(14(15)16)9(12)7-10(8)13-4-2-3-5-13/h6-7H,2-5,12H2,1H3. The molecule has 1 aliphatic rings. The molecule has 86 valence electrons. The van der Waals surface area contributed by atoms with Crippen LogP contribution in [0.4, 0.5) is 17.1 Å². The summed E-state index contributed by atoms with van der Waals surface area (Å²) in [6.07, 6.45) is 2.35. The minimum Gasteiger partial charge on any atom is -0.393 e. The van der Waals surface area contributed by atoms with Crippen LogP contribution in [0, 0.1) is 17.0 Å². The summed E-state index contributed by atoms with van der Waals surface area (Å²) < 4.78 is 0. The maximum absolute atomic E-state index is 10.7. The predicted octanol–water partition coefficient (Wildman–Crippen LogP) is 2.09. The maximum atomic E-state index is 10.7. The molecule has 0 amide bonds. The zero-order chi connectivity index (χ0) is 11.7. The van der Waals surface area contributed by atoms with Crippen LogP contribution in [0.3, 0.4) is 0 Å². The van der Waals surface area contributed by atoms with Gasteiger partial charge in [0.2, 0.25) is 0 Å². The number of nitrogens with two attached hydrogens (primary N) is 1. The maximum Gasteiger partial charge on any atom is 0.292 e. The second kappa shape index (κ2) is 4.00. The Bertz CT molecular complexity index is 425. The lowest BCUT2D eigenvalue weighted by molar-refractivity contribution is -0.383. The molecule has 0 bridgehead atoms. The van der Waals surface area contributed by atoms with Crippen LogP contribution >= 0.6 is 0 Å². The van der Waals surface area contributed by atoms with Gasteiger partial charge in [-0.05, 0) is 31.4 Å². The lowest BCUT2D eigenvalue weighted by atomic mass is 10.1. The summed E-state index contributed by atoms with van der Waals surface area (Å²) >= 11 is 0. The Morgan fingerprint density at radius 3 is 2.56 bits per heavy atom. The van der Waals surface area contributed by atoms with E-state index >= 15 is 0 Å². The van der Waals surface area contributed by atoms with E-state index < -0.39 is 4.92 Å². The lowest BCUT2D eigenvalue weighted by Gasteiger charge is -2.20. The topological polar surface area (TPSA) is 72.4 Å². The molecule has 16 heavy (non-hydrogen) atoms. The van der Waals surface area contributed by atoms with Gasteiger partial charge in [0.25, 0.3) is 5.69 Å².